The fourth-order valence-corrected chi connectivity index (χ4v) is 3.07. The van der Waals surface area contributed by atoms with Crippen LogP contribution in [0.5, 0.6) is 11.6 Å². The van der Waals surface area contributed by atoms with Crippen molar-refractivity contribution in [2.45, 2.75) is 6.42 Å². The van der Waals surface area contributed by atoms with E-state index in [0.29, 0.717) is 24.8 Å². The topological polar surface area (TPSA) is 73.3 Å². The van der Waals surface area contributed by atoms with Gasteiger partial charge in [0.2, 0.25) is 11.8 Å². The molecular formula is C19H19N3O3S. The molecule has 3 rings (SSSR count). The standard InChI is InChI=1S/C19H19N3O3S/c1-24-16-6-3-2-5-14(16)13-18(23)20-10-11-25-19-9-8-15(21-22-19)17-7-4-12-26-17/h2-9,12H,10-11,13H2,1H3,(H,20,23). The maximum Gasteiger partial charge on any atom is 0.233 e. The number of carbonyl (C=O) groups is 1. The molecule has 1 aromatic carbocycles. The van der Waals surface area contributed by atoms with Crippen molar-refractivity contribution in [2.75, 3.05) is 20.3 Å². The highest BCUT2D eigenvalue weighted by molar-refractivity contribution is 7.13. The molecular weight excluding hydrogens is 350 g/mol. The lowest BCUT2D eigenvalue weighted by Gasteiger charge is -2.09. The molecule has 0 unspecified atom stereocenters. The third-order valence-corrected chi connectivity index (χ3v) is 4.52. The van der Waals surface area contributed by atoms with Crippen LogP contribution in [0.15, 0.2) is 53.9 Å². The summed E-state index contributed by atoms with van der Waals surface area (Å²) in [6.07, 6.45) is 0.263. The van der Waals surface area contributed by atoms with Crippen LogP contribution in [-0.4, -0.2) is 36.4 Å². The molecule has 2 heterocycles. The Bertz CT molecular complexity index is 836. The number of benzene rings is 1. The highest BCUT2D eigenvalue weighted by atomic mass is 32.1. The lowest BCUT2D eigenvalue weighted by Crippen LogP contribution is -2.29. The number of carbonyl (C=O) groups excluding carboxylic acids is 1. The number of methoxy groups -OCH3 is 1. The van der Waals surface area contributed by atoms with E-state index >= 15 is 0 Å². The molecule has 0 radical (unpaired) electrons. The van der Waals surface area contributed by atoms with Crippen molar-refractivity contribution in [1.82, 2.24) is 15.5 Å². The average Bonchev–Trinajstić information content (AvgIpc) is 3.21. The molecule has 0 saturated heterocycles. The van der Waals surface area contributed by atoms with E-state index in [1.165, 1.54) is 0 Å². The molecule has 0 aliphatic rings. The summed E-state index contributed by atoms with van der Waals surface area (Å²) in [6, 6.07) is 15.1. The van der Waals surface area contributed by atoms with Crippen LogP contribution in [0.25, 0.3) is 10.6 Å². The summed E-state index contributed by atoms with van der Waals surface area (Å²) in [4.78, 5) is 13.1. The van der Waals surface area contributed by atoms with Gasteiger partial charge in [0.25, 0.3) is 0 Å². The van der Waals surface area contributed by atoms with Gasteiger partial charge in [-0.25, -0.2) is 0 Å². The van der Waals surface area contributed by atoms with Gasteiger partial charge in [-0.05, 0) is 23.6 Å². The number of rotatable bonds is 8. The number of para-hydroxylation sites is 1. The molecule has 2 aromatic heterocycles. The van der Waals surface area contributed by atoms with E-state index in [1.807, 2.05) is 47.8 Å². The molecule has 1 N–H and O–H groups in total. The fraction of sp³-hybridized carbons (Fsp3) is 0.211. The second-order valence-corrected chi connectivity index (χ2v) is 6.37. The molecule has 0 fully saturated rings. The molecule has 0 aliphatic carbocycles. The molecule has 26 heavy (non-hydrogen) atoms. The summed E-state index contributed by atoms with van der Waals surface area (Å²) in [5.41, 5.74) is 1.67. The van der Waals surface area contributed by atoms with Crippen molar-refractivity contribution >= 4 is 17.2 Å². The number of nitrogens with zero attached hydrogens (tertiary/aromatic N) is 2. The van der Waals surface area contributed by atoms with Crippen LogP contribution in [0.1, 0.15) is 5.56 Å². The predicted molar refractivity (Wildman–Crippen MR) is 101 cm³/mol. The molecule has 0 aliphatic heterocycles. The molecule has 0 atom stereocenters. The first-order chi connectivity index (χ1) is 12.8. The van der Waals surface area contributed by atoms with Crippen molar-refractivity contribution < 1.29 is 14.3 Å². The molecule has 0 spiro atoms. The Balaban J connectivity index is 1.42. The van der Waals surface area contributed by atoms with E-state index in [2.05, 4.69) is 15.5 Å². The molecule has 7 heteroatoms. The van der Waals surface area contributed by atoms with Gasteiger partial charge in [0.05, 0.1) is 25.0 Å². The third kappa shape index (κ3) is 4.80. The fourth-order valence-electron chi connectivity index (χ4n) is 2.38. The van der Waals surface area contributed by atoms with Gasteiger partial charge in [-0.2, -0.15) is 0 Å². The second-order valence-electron chi connectivity index (χ2n) is 5.42. The molecule has 3 aromatic rings. The quantitative estimate of drug-likeness (QED) is 0.618. The van der Waals surface area contributed by atoms with E-state index in [9.17, 15) is 4.79 Å². The molecule has 0 saturated carbocycles. The first-order valence-corrected chi connectivity index (χ1v) is 9.03. The van der Waals surface area contributed by atoms with Gasteiger partial charge in [0.15, 0.2) is 0 Å². The maximum absolute atomic E-state index is 12.0. The zero-order chi connectivity index (χ0) is 18.2. The first kappa shape index (κ1) is 17.9. The number of ether oxygens (including phenoxy) is 2. The predicted octanol–water partition coefficient (Wildman–Crippen LogP) is 2.95. The van der Waals surface area contributed by atoms with E-state index in [0.717, 1.165) is 16.1 Å². The number of amides is 1. The molecule has 0 bridgehead atoms. The minimum absolute atomic E-state index is 0.0859. The van der Waals surface area contributed by atoms with Gasteiger partial charge >= 0.3 is 0 Å². The first-order valence-electron chi connectivity index (χ1n) is 8.15. The Kier molecular flexibility index (Phi) is 6.16. The maximum atomic E-state index is 12.0. The number of hydrogen-bond acceptors (Lipinski definition) is 6. The lowest BCUT2D eigenvalue weighted by atomic mass is 10.1. The van der Waals surface area contributed by atoms with Gasteiger partial charge in [-0.1, -0.05) is 24.3 Å². The molecule has 6 nitrogen and oxygen atoms in total. The van der Waals surface area contributed by atoms with E-state index in [1.54, 1.807) is 24.5 Å². The van der Waals surface area contributed by atoms with Crippen LogP contribution in [0, 0.1) is 0 Å². The summed E-state index contributed by atoms with van der Waals surface area (Å²) >= 11 is 1.61. The lowest BCUT2D eigenvalue weighted by molar-refractivity contribution is -0.120. The second kappa shape index (κ2) is 8.96. The average molecular weight is 369 g/mol. The molecule has 1 amide bonds. The number of nitrogens with one attached hydrogen (secondary N) is 1. The highest BCUT2D eigenvalue weighted by Gasteiger charge is 2.08. The Hall–Kier alpha value is -2.93. The Morgan fingerprint density at radius 3 is 2.73 bits per heavy atom. The Morgan fingerprint density at radius 1 is 1.12 bits per heavy atom. The van der Waals surface area contributed by atoms with Crippen LogP contribution >= 0.6 is 11.3 Å². The minimum atomic E-state index is -0.0859. The summed E-state index contributed by atoms with van der Waals surface area (Å²) in [5, 5.41) is 13.0. The van der Waals surface area contributed by atoms with Crippen molar-refractivity contribution in [2.24, 2.45) is 0 Å². The number of hydrogen-bond donors (Lipinski definition) is 1. The smallest absolute Gasteiger partial charge is 0.233 e. The van der Waals surface area contributed by atoms with Gasteiger partial charge in [-0.3, -0.25) is 4.79 Å². The van der Waals surface area contributed by atoms with E-state index in [4.69, 9.17) is 9.47 Å². The van der Waals surface area contributed by atoms with Gasteiger partial charge in [-0.15, -0.1) is 21.5 Å². The van der Waals surface area contributed by atoms with Crippen molar-refractivity contribution in [3.8, 4) is 22.2 Å². The van der Waals surface area contributed by atoms with Gasteiger partial charge in [0.1, 0.15) is 18.1 Å². The number of thiophene rings is 1. The van der Waals surface area contributed by atoms with Crippen LogP contribution in [-0.2, 0) is 11.2 Å². The normalized spacial score (nSPS) is 10.3. The largest absolute Gasteiger partial charge is 0.496 e. The summed E-state index contributed by atoms with van der Waals surface area (Å²) in [7, 11) is 1.59. The van der Waals surface area contributed by atoms with Crippen molar-refractivity contribution in [1.29, 1.82) is 0 Å². The third-order valence-electron chi connectivity index (χ3n) is 3.63. The van der Waals surface area contributed by atoms with Crippen molar-refractivity contribution in [3.05, 3.63) is 59.5 Å². The van der Waals surface area contributed by atoms with E-state index in [-0.39, 0.29) is 12.3 Å². The zero-order valence-corrected chi connectivity index (χ0v) is 15.2. The molecule has 134 valence electrons. The SMILES string of the molecule is COc1ccccc1CC(=O)NCCOc1ccc(-c2cccs2)nn1. The van der Waals surface area contributed by atoms with E-state index < -0.39 is 0 Å². The summed E-state index contributed by atoms with van der Waals surface area (Å²) in [5.74, 6) is 1.06. The highest BCUT2D eigenvalue weighted by Crippen LogP contribution is 2.22. The van der Waals surface area contributed by atoms with Gasteiger partial charge < -0.3 is 14.8 Å². The Morgan fingerprint density at radius 2 is 2.00 bits per heavy atom. The van der Waals surface area contributed by atoms with Crippen LogP contribution in [0.4, 0.5) is 0 Å². The summed E-state index contributed by atoms with van der Waals surface area (Å²) < 4.78 is 10.8. The van der Waals surface area contributed by atoms with Crippen LogP contribution < -0.4 is 14.8 Å². The van der Waals surface area contributed by atoms with Crippen molar-refractivity contribution in [3.63, 3.8) is 0 Å². The monoisotopic (exact) mass is 369 g/mol. The summed E-state index contributed by atoms with van der Waals surface area (Å²) in [6.45, 7) is 0.715. The number of aromatic nitrogens is 2. The van der Waals surface area contributed by atoms with Crippen LogP contribution in [0.2, 0.25) is 0 Å². The van der Waals surface area contributed by atoms with Gasteiger partial charge in [0, 0.05) is 11.6 Å². The Labute approximate surface area is 155 Å². The zero-order valence-electron chi connectivity index (χ0n) is 14.3. The van der Waals surface area contributed by atoms with Crippen LogP contribution in [0.3, 0.4) is 0 Å². The minimum Gasteiger partial charge on any atom is -0.496 e.